The van der Waals surface area contributed by atoms with Crippen molar-refractivity contribution in [2.45, 2.75) is 172 Å². The zero-order valence-corrected chi connectivity index (χ0v) is 76.0. The molecule has 0 saturated carbocycles. The molecule has 0 unspecified atom stereocenters. The van der Waals surface area contributed by atoms with Crippen LogP contribution in [-0.4, -0.2) is 267 Å². The van der Waals surface area contributed by atoms with E-state index in [1.54, 1.807) is 112 Å². The minimum atomic E-state index is -2.60. The van der Waals surface area contributed by atoms with E-state index < -0.39 is 271 Å². The number of para-hydroxylation sites is 1. The number of carbonyl (C=O) groups excluding carboxylic acids is 15. The Morgan fingerprint density at radius 3 is 1.49 bits per heavy atom. The van der Waals surface area contributed by atoms with Crippen LogP contribution in [0.3, 0.4) is 0 Å². The van der Waals surface area contributed by atoms with Crippen LogP contribution >= 0.6 is 11.8 Å². The molecule has 40 heteroatoms. The maximum atomic E-state index is 16.0. The number of phenolic OH excluding ortho intramolecular Hbond substituents is 1. The molecule has 0 radical (unpaired) electrons. The smallest absolute Gasteiger partial charge is 0.305 e. The van der Waals surface area contributed by atoms with Crippen LogP contribution in [0.15, 0.2) is 146 Å². The van der Waals surface area contributed by atoms with Crippen molar-refractivity contribution >= 4 is 117 Å². The first-order valence-electron chi connectivity index (χ1n) is 43.1. The molecule has 11 atom stereocenters. The largest absolute Gasteiger partial charge is 0.508 e. The van der Waals surface area contributed by atoms with Crippen molar-refractivity contribution < 1.29 is 109 Å². The summed E-state index contributed by atoms with van der Waals surface area (Å²) < 4.78 is 77.3. The van der Waals surface area contributed by atoms with Crippen molar-refractivity contribution in [2.24, 2.45) is 17.6 Å². The number of primary amides is 1. The second kappa shape index (κ2) is 49.4. The molecule has 15 amide bonds. The maximum absolute atomic E-state index is 16.0. The third-order valence-electron chi connectivity index (χ3n) is 22.4. The molecule has 14 N–H and O–H groups in total. The summed E-state index contributed by atoms with van der Waals surface area (Å²) in [6.45, 7) is 5.26. The van der Waals surface area contributed by atoms with Gasteiger partial charge < -0.3 is 93.3 Å². The highest BCUT2D eigenvalue weighted by molar-refractivity contribution is 8.00. The third-order valence-corrected chi connectivity index (χ3v) is 23.4. The molecule has 7 aromatic rings. The van der Waals surface area contributed by atoms with Crippen LogP contribution in [0, 0.1) is 40.9 Å². The van der Waals surface area contributed by atoms with Crippen molar-refractivity contribution in [1.29, 1.82) is 0 Å². The molecule has 34 nitrogen and oxygen atoms in total. The van der Waals surface area contributed by atoms with E-state index in [2.05, 4.69) is 52.8 Å². The number of fused-ring (bicyclic) bond motifs is 1. The predicted molar refractivity (Wildman–Crippen MR) is 480 cm³/mol. The second-order valence-electron chi connectivity index (χ2n) is 33.4. The van der Waals surface area contributed by atoms with Gasteiger partial charge in [-0.3, -0.25) is 76.7 Å². The summed E-state index contributed by atoms with van der Waals surface area (Å²) >= 11 is 0.780. The summed E-state index contributed by atoms with van der Waals surface area (Å²) in [5, 5.41) is 43.8. The minimum absolute atomic E-state index is 0.0270. The lowest BCUT2D eigenvalue weighted by molar-refractivity contribution is -0.151. The number of aromatic nitrogens is 1. The first-order chi connectivity index (χ1) is 63.0. The normalized spacial score (nSPS) is 21.6. The molecular weight excluding hydrogens is 1760 g/mol. The fourth-order valence-electron chi connectivity index (χ4n) is 15.1. The van der Waals surface area contributed by atoms with E-state index >= 15 is 51.1 Å². The number of aliphatic carboxylic acids is 1. The average Bonchev–Trinajstić information content (AvgIpc) is 1.79. The van der Waals surface area contributed by atoms with Crippen LogP contribution in [0.2, 0.25) is 0 Å². The van der Waals surface area contributed by atoms with E-state index in [0.717, 1.165) is 45.5 Å². The molecule has 1 aliphatic rings. The number of H-pyrrole nitrogens is 1. The van der Waals surface area contributed by atoms with Crippen LogP contribution in [0.5, 0.6) is 5.75 Å². The summed E-state index contributed by atoms with van der Waals surface area (Å²) in [7, 11) is 5.84. The number of benzene rings is 6. The molecule has 0 spiro atoms. The highest BCUT2D eigenvalue weighted by Crippen LogP contribution is 2.28. The van der Waals surface area contributed by atoms with Crippen LogP contribution in [0.1, 0.15) is 100 Å². The second-order valence-corrected chi connectivity index (χ2v) is 34.5. The van der Waals surface area contributed by atoms with Crippen LogP contribution in [0.4, 0.5) is 22.0 Å². The Labute approximate surface area is 769 Å². The summed E-state index contributed by atoms with van der Waals surface area (Å²) in [5.74, 6) is -32.6. The van der Waals surface area contributed by atoms with Crippen molar-refractivity contribution in [3.8, 4) is 5.75 Å². The van der Waals surface area contributed by atoms with Gasteiger partial charge in [0, 0.05) is 102 Å². The molecule has 1 fully saturated rings. The predicted octanol–water partition coefficient (Wildman–Crippen LogP) is 3.32. The number of nitrogens with one attached hydrogen (secondary N) is 10. The number of carboxylic acids is 1. The van der Waals surface area contributed by atoms with Gasteiger partial charge >= 0.3 is 5.97 Å². The van der Waals surface area contributed by atoms with Crippen LogP contribution in [-0.2, 0) is 115 Å². The highest BCUT2D eigenvalue weighted by atomic mass is 32.2. The van der Waals surface area contributed by atoms with Crippen molar-refractivity contribution in [3.05, 3.63) is 208 Å². The first kappa shape index (κ1) is 105. The van der Waals surface area contributed by atoms with E-state index in [9.17, 15) is 57.8 Å². The van der Waals surface area contributed by atoms with Crippen LogP contribution in [0.25, 0.3) is 10.9 Å². The molecule has 1 saturated heterocycles. The number of carboxylic acid groups (broad SMARTS) is 1. The lowest BCUT2D eigenvalue weighted by atomic mass is 9.98. The van der Waals surface area contributed by atoms with Gasteiger partial charge in [-0.1, -0.05) is 169 Å². The van der Waals surface area contributed by atoms with Gasteiger partial charge in [0.1, 0.15) is 72.2 Å². The molecule has 1 aliphatic heterocycles. The lowest BCUT2D eigenvalue weighted by Crippen LogP contribution is -2.61. The van der Waals surface area contributed by atoms with Gasteiger partial charge in [0.2, 0.25) is 94.4 Å². The Kier molecular flexibility index (Phi) is 38.9. The number of likely N-dealkylation sites (N-methyl/N-ethyl adjacent to an activating group) is 5. The number of carbonyl (C=O) groups is 16. The molecule has 133 heavy (non-hydrogen) atoms. The molecule has 714 valence electrons. The zero-order valence-electron chi connectivity index (χ0n) is 75.2. The number of unbranched alkanes of at least 4 members (excludes halogenated alkanes) is 1. The number of hydrogen-bond acceptors (Lipinski definition) is 18. The van der Waals surface area contributed by atoms with E-state index in [1.807, 2.05) is 0 Å². The van der Waals surface area contributed by atoms with Gasteiger partial charge in [0.15, 0.2) is 23.3 Å². The number of rotatable bonds is 23. The number of nitrogens with zero attached hydrogens (tertiary/aromatic N) is 5. The Bertz CT molecular complexity index is 5310. The Balaban J connectivity index is 1.24. The van der Waals surface area contributed by atoms with Crippen molar-refractivity contribution in [3.63, 3.8) is 0 Å². The number of hydrogen-bond donors (Lipinski definition) is 13. The molecule has 0 aliphatic carbocycles. The molecular formula is C93H113F5N16O18S. The SMILES string of the molecule is CCCC[C@H]1C(=O)N(C)CC(=O)N[C@@H](CC(=O)O)C(=O)N[C@@H](C(C)C)C(=O)N(C)[C@@H](Cc2ccccc2)C(=O)N[C@@H](Cc2c(F)c(F)c(F)c(F)c2F)C(=O)N(C)CC(=O)N[C@@H](Cc2c[nH]c3ccccc23)C(=O)N[C@@H](Cc2ccc(O)cc2)C(=O)N[C@@H](CC(C)C)C(=O)N[C@H](C(=O)NCC(N)=O)CSCC(=O)N[C@@H](Cc2ccccc2)C(=O)N(C)[C@@H](Cc2ccccc2)C(=O)N1C. The van der Waals surface area contributed by atoms with E-state index in [-0.39, 0.29) is 37.0 Å². The molecule has 2 heterocycles. The van der Waals surface area contributed by atoms with Gasteiger partial charge in [-0.2, -0.15) is 0 Å². The number of nitrogens with two attached hydrogens (primary N) is 1. The third kappa shape index (κ3) is 29.8. The summed E-state index contributed by atoms with van der Waals surface area (Å²) in [6.07, 6.45) is -2.28. The summed E-state index contributed by atoms with van der Waals surface area (Å²) in [6, 6.07) is 17.6. The Morgan fingerprint density at radius 1 is 0.474 bits per heavy atom. The fraction of sp³-hybridized carbons (Fsp3) is 0.419. The number of aromatic hydroxyl groups is 1. The Hall–Kier alpha value is -13.8. The van der Waals surface area contributed by atoms with Crippen LogP contribution < -0.4 is 53.6 Å². The number of phenols is 1. The van der Waals surface area contributed by atoms with E-state index in [4.69, 9.17) is 5.73 Å². The van der Waals surface area contributed by atoms with Crippen molar-refractivity contribution in [1.82, 2.24) is 77.3 Å². The van der Waals surface area contributed by atoms with E-state index in [0.29, 0.717) is 50.9 Å². The topological polar surface area (TPSA) is 480 Å². The highest BCUT2D eigenvalue weighted by Gasteiger charge is 2.43. The first-order valence-corrected chi connectivity index (χ1v) is 44.2. The summed E-state index contributed by atoms with van der Waals surface area (Å²) in [5.41, 5.74) is 6.41. The molecule has 1 aromatic heterocycles. The van der Waals surface area contributed by atoms with Gasteiger partial charge in [-0.15, -0.1) is 11.8 Å². The summed E-state index contributed by atoms with van der Waals surface area (Å²) in [4.78, 5) is 242. The number of amides is 15. The number of halogens is 5. The van der Waals surface area contributed by atoms with Crippen molar-refractivity contribution in [2.75, 3.05) is 66.4 Å². The Morgan fingerprint density at radius 2 is 0.932 bits per heavy atom. The monoisotopic (exact) mass is 1870 g/mol. The fourth-order valence-corrected chi connectivity index (χ4v) is 16.0. The quantitative estimate of drug-likeness (QED) is 0.0248. The average molecular weight is 1870 g/mol. The van der Waals surface area contributed by atoms with Gasteiger partial charge in [-0.05, 0) is 70.7 Å². The minimum Gasteiger partial charge on any atom is -0.508 e. The molecule has 0 bridgehead atoms. The van der Waals surface area contributed by atoms with E-state index in [1.165, 1.54) is 89.7 Å². The molecule has 8 rings (SSSR count). The molecule has 6 aromatic carbocycles. The van der Waals surface area contributed by atoms with Gasteiger partial charge in [0.25, 0.3) is 0 Å². The number of thioether (sulfide) groups is 1. The lowest BCUT2D eigenvalue weighted by Gasteiger charge is -2.37. The number of aromatic amines is 1. The maximum Gasteiger partial charge on any atom is 0.305 e. The zero-order chi connectivity index (χ0) is 97.8. The van der Waals surface area contributed by atoms with Gasteiger partial charge in [0.05, 0.1) is 31.8 Å². The van der Waals surface area contributed by atoms with Gasteiger partial charge in [-0.25, -0.2) is 22.0 Å². The standard InChI is InChI=1S/C93H113F5N16O18S/c1-11-12-32-69-91(130)111(7)48-74(118)103-65(44-76(120)121)87(126)109-82(52(4)5)93(132)113(9)70(40-54-26-18-14-19-27-54)88(127)107-67(43-60-77(94)79(96)81(98)80(97)78(60)95)89(128)110(6)47-73(117)102-64(42-57-45-100-61-31-23-22-30-59(57)61)86(125)106-63(38-56-33-35-58(115)36-34-56)85(124)105-62(37-51(2)3)84(123)108-68(83(122)101-46-72(99)116)49-133-50-75(119)104-66(39-53-24-16-13-17-25-53)90(129)114(10)71(92(131)112(69)8)41-55-28-20-15-21-29-55/h13-31,33-36,45,51-52,62-71,82,100,115H,11-12,32,37-44,46-50H2,1-10H3,(H2,99,116)(H,101,122)(H,102,117)(H,103,118)(H,104,119)(H,105,124)(H,106,125)(H,107,127)(H,108,123)(H,109,126)(H,120,121)/t62-,63-,64-,65-,66-,67-,68-,69-,70-,71-,82-/m0/s1.